The van der Waals surface area contributed by atoms with E-state index in [4.69, 9.17) is 9.47 Å². The predicted molar refractivity (Wildman–Crippen MR) is 218 cm³/mol. The molecule has 4 atom stereocenters. The third kappa shape index (κ3) is 9.22. The monoisotopic (exact) mass is 782 g/mol. The molecule has 8 rings (SSSR count). The maximum Gasteiger partial charge on any atom is 0.256 e. The lowest BCUT2D eigenvalue weighted by atomic mass is 9.99. The lowest BCUT2D eigenvalue weighted by Crippen LogP contribution is -2.49. The van der Waals surface area contributed by atoms with Crippen LogP contribution in [0.2, 0.25) is 0 Å². The standard InChI is InChI=1S/2C22H25N5O2/c1-15-6-9-20(27-24-11-12-25-27)19(13-15)22(28)26-14-18(8-7-17(26)3)29-21-16(2)5-4-10-23-21;1-15-7-10-20(27-23-11-12-24-27)19(13-15)22(28)26-14-18(9-8-17(26)3)29-21-6-4-5-16(2)25-21/h4-6,9-13,17-18H,7-8,14H2,1-3H3;4-7,10-13,17-18H,8-9,14H2,1-3H3/t2*17-,18-/m11/s1. The molecule has 6 heterocycles. The van der Waals surface area contributed by atoms with E-state index in [-0.39, 0.29) is 36.1 Å². The van der Waals surface area contributed by atoms with Gasteiger partial charge in [0, 0.05) is 35.6 Å². The first-order chi connectivity index (χ1) is 28.0. The molecular formula is C44H50N10O4. The zero-order valence-electron chi connectivity index (χ0n) is 33.9. The second-order valence-corrected chi connectivity index (χ2v) is 15.2. The highest BCUT2D eigenvalue weighted by Gasteiger charge is 2.34. The maximum absolute atomic E-state index is 13.5. The summed E-state index contributed by atoms with van der Waals surface area (Å²) in [5, 5.41) is 16.8. The predicted octanol–water partition coefficient (Wildman–Crippen LogP) is 6.70. The Labute approximate surface area is 338 Å². The lowest BCUT2D eigenvalue weighted by molar-refractivity contribution is 0.0368. The summed E-state index contributed by atoms with van der Waals surface area (Å²) >= 11 is 0. The number of benzene rings is 2. The quantitative estimate of drug-likeness (QED) is 0.163. The highest BCUT2D eigenvalue weighted by Crippen LogP contribution is 2.28. The van der Waals surface area contributed by atoms with Crippen LogP contribution in [-0.2, 0) is 0 Å². The molecule has 2 amide bonds. The summed E-state index contributed by atoms with van der Waals surface area (Å²) in [5.74, 6) is 1.18. The van der Waals surface area contributed by atoms with E-state index in [1.54, 1.807) is 31.0 Å². The Balaban J connectivity index is 0.000000177. The van der Waals surface area contributed by atoms with E-state index in [2.05, 4.69) is 44.2 Å². The number of pyridine rings is 2. The molecule has 2 saturated heterocycles. The normalized spacial score (nSPS) is 19.2. The van der Waals surface area contributed by atoms with Crippen LogP contribution < -0.4 is 9.47 Å². The molecule has 58 heavy (non-hydrogen) atoms. The van der Waals surface area contributed by atoms with Gasteiger partial charge in [0.2, 0.25) is 11.8 Å². The zero-order chi connectivity index (χ0) is 40.8. The first-order valence-corrected chi connectivity index (χ1v) is 19.8. The summed E-state index contributed by atoms with van der Waals surface area (Å²) in [6.07, 6.45) is 11.5. The van der Waals surface area contributed by atoms with Crippen LogP contribution in [0.3, 0.4) is 0 Å². The SMILES string of the molecule is Cc1ccc(-n2nccn2)c(C(=O)N2C[C@H](Oc3cccc(C)n3)CC[C@H]2C)c1.Cc1ccc(-n2nccn2)c(C(=O)N2C[C@H](Oc3ncccc3C)CC[C@H]2C)c1. The van der Waals surface area contributed by atoms with Crippen molar-refractivity contribution in [3.63, 3.8) is 0 Å². The van der Waals surface area contributed by atoms with Gasteiger partial charge in [-0.1, -0.05) is 35.4 Å². The second-order valence-electron chi connectivity index (χ2n) is 15.2. The highest BCUT2D eigenvalue weighted by molar-refractivity contribution is 5.99. The molecule has 0 aliphatic carbocycles. The number of ether oxygens (including phenoxy) is 2. The van der Waals surface area contributed by atoms with Gasteiger partial charge in [-0.2, -0.15) is 30.0 Å². The second kappa shape index (κ2) is 17.8. The Morgan fingerprint density at radius 3 is 1.62 bits per heavy atom. The van der Waals surface area contributed by atoms with Crippen LogP contribution in [0.15, 0.2) is 97.7 Å². The number of nitrogens with zero attached hydrogens (tertiary/aromatic N) is 10. The number of carbonyl (C=O) groups is 2. The summed E-state index contributed by atoms with van der Waals surface area (Å²) in [4.78, 5) is 42.6. The Morgan fingerprint density at radius 2 is 1.12 bits per heavy atom. The third-order valence-corrected chi connectivity index (χ3v) is 10.6. The molecule has 2 aliphatic rings. The molecule has 14 heteroatoms. The molecular weight excluding hydrogens is 733 g/mol. The summed E-state index contributed by atoms with van der Waals surface area (Å²) in [6.45, 7) is 13.1. The first kappa shape index (κ1) is 39.8. The van der Waals surface area contributed by atoms with E-state index in [1.165, 1.54) is 9.59 Å². The molecule has 300 valence electrons. The Morgan fingerprint density at radius 1 is 0.603 bits per heavy atom. The van der Waals surface area contributed by atoms with Gasteiger partial charge in [0.1, 0.15) is 12.2 Å². The summed E-state index contributed by atoms with van der Waals surface area (Å²) in [6, 6.07) is 21.4. The smallest absolute Gasteiger partial charge is 0.256 e. The topological polar surface area (TPSA) is 146 Å². The van der Waals surface area contributed by atoms with Crippen LogP contribution in [-0.4, -0.2) is 99.0 Å². The van der Waals surface area contributed by atoms with Crippen LogP contribution in [0.4, 0.5) is 0 Å². The fourth-order valence-corrected chi connectivity index (χ4v) is 7.39. The van der Waals surface area contributed by atoms with Crippen LogP contribution in [0.5, 0.6) is 11.8 Å². The van der Waals surface area contributed by atoms with E-state index in [9.17, 15) is 9.59 Å². The zero-order valence-corrected chi connectivity index (χ0v) is 33.9. The number of amides is 2. The van der Waals surface area contributed by atoms with Crippen molar-refractivity contribution in [2.45, 2.75) is 91.5 Å². The average molecular weight is 783 g/mol. The van der Waals surface area contributed by atoms with Gasteiger partial charge in [-0.3, -0.25) is 9.59 Å². The number of piperidine rings is 2. The number of hydrogen-bond donors (Lipinski definition) is 0. The number of likely N-dealkylation sites (tertiary alicyclic amines) is 2. The summed E-state index contributed by atoms with van der Waals surface area (Å²) in [5.41, 5.74) is 6.51. The van der Waals surface area contributed by atoms with Gasteiger partial charge in [0.25, 0.3) is 11.8 Å². The van der Waals surface area contributed by atoms with Crippen molar-refractivity contribution >= 4 is 11.8 Å². The minimum atomic E-state index is -0.0835. The molecule has 0 saturated carbocycles. The molecule has 2 aliphatic heterocycles. The minimum Gasteiger partial charge on any atom is -0.472 e. The van der Waals surface area contributed by atoms with Crippen molar-refractivity contribution < 1.29 is 19.1 Å². The third-order valence-electron chi connectivity index (χ3n) is 10.6. The van der Waals surface area contributed by atoms with Crippen molar-refractivity contribution in [2.75, 3.05) is 13.1 Å². The van der Waals surface area contributed by atoms with Crippen molar-refractivity contribution in [1.82, 2.24) is 49.8 Å². The summed E-state index contributed by atoms with van der Waals surface area (Å²) in [7, 11) is 0. The van der Waals surface area contributed by atoms with Gasteiger partial charge >= 0.3 is 0 Å². The number of rotatable bonds is 8. The molecule has 0 N–H and O–H groups in total. The fourth-order valence-electron chi connectivity index (χ4n) is 7.39. The van der Waals surface area contributed by atoms with E-state index in [0.717, 1.165) is 48.1 Å². The Kier molecular flexibility index (Phi) is 12.2. The Bertz CT molecular complexity index is 2330. The summed E-state index contributed by atoms with van der Waals surface area (Å²) < 4.78 is 12.2. The Hall–Kier alpha value is -6.44. The molecule has 6 aromatic rings. The maximum atomic E-state index is 13.5. The first-order valence-electron chi connectivity index (χ1n) is 19.8. The van der Waals surface area contributed by atoms with Gasteiger partial charge in [0.05, 0.1) is 60.4 Å². The largest absolute Gasteiger partial charge is 0.472 e. The molecule has 2 fully saturated rings. The molecule has 4 aromatic heterocycles. The fraction of sp³-hybridized carbons (Fsp3) is 0.364. The molecule has 2 aromatic carbocycles. The van der Waals surface area contributed by atoms with E-state index < -0.39 is 0 Å². The van der Waals surface area contributed by atoms with Gasteiger partial charge in [-0.05, 0) is 104 Å². The molecule has 0 unspecified atom stereocenters. The van der Waals surface area contributed by atoms with Gasteiger partial charge < -0.3 is 19.3 Å². The van der Waals surface area contributed by atoms with E-state index in [1.807, 2.05) is 104 Å². The highest BCUT2D eigenvalue weighted by atomic mass is 16.5. The van der Waals surface area contributed by atoms with Crippen molar-refractivity contribution in [3.05, 3.63) is 131 Å². The van der Waals surface area contributed by atoms with Crippen LogP contribution in [0.25, 0.3) is 11.4 Å². The van der Waals surface area contributed by atoms with Crippen molar-refractivity contribution in [2.24, 2.45) is 0 Å². The molecule has 14 nitrogen and oxygen atoms in total. The number of aryl methyl sites for hydroxylation is 4. The molecule has 0 bridgehead atoms. The van der Waals surface area contributed by atoms with Crippen molar-refractivity contribution in [1.29, 1.82) is 0 Å². The molecule has 0 spiro atoms. The van der Waals surface area contributed by atoms with E-state index in [0.29, 0.717) is 47.4 Å². The molecule has 0 radical (unpaired) electrons. The lowest BCUT2D eigenvalue weighted by Gasteiger charge is -2.38. The minimum absolute atomic E-state index is 0.0282. The van der Waals surface area contributed by atoms with Crippen LogP contribution in [0, 0.1) is 27.7 Å². The van der Waals surface area contributed by atoms with E-state index >= 15 is 0 Å². The van der Waals surface area contributed by atoms with Gasteiger partial charge in [0.15, 0.2) is 0 Å². The number of aromatic nitrogens is 8. The van der Waals surface area contributed by atoms with Gasteiger partial charge in [-0.25, -0.2) is 9.97 Å². The van der Waals surface area contributed by atoms with Crippen molar-refractivity contribution in [3.8, 4) is 23.1 Å². The van der Waals surface area contributed by atoms with Gasteiger partial charge in [-0.15, -0.1) is 0 Å². The number of carbonyl (C=O) groups excluding carboxylic acids is 2. The average Bonchev–Trinajstić information content (AvgIpc) is 3.96. The van der Waals surface area contributed by atoms with Crippen LogP contribution in [0.1, 0.15) is 82.6 Å². The number of hydrogen-bond acceptors (Lipinski definition) is 10. The van der Waals surface area contributed by atoms with Crippen LogP contribution >= 0.6 is 0 Å².